The first-order chi connectivity index (χ1) is 9.10. The molecular weight excluding hydrogens is 244 g/mol. The number of ether oxygens (including phenoxy) is 2. The largest absolute Gasteiger partial charge is 0.495 e. The predicted octanol–water partition coefficient (Wildman–Crippen LogP) is 2.13. The number of nitriles is 1. The molecule has 0 aromatic heterocycles. The summed E-state index contributed by atoms with van der Waals surface area (Å²) in [4.78, 5) is 11.9. The van der Waals surface area contributed by atoms with Crippen molar-refractivity contribution in [2.75, 3.05) is 19.5 Å². The van der Waals surface area contributed by atoms with Crippen LogP contribution in [0.5, 0.6) is 5.75 Å². The number of anilines is 1. The Bertz CT molecular complexity index is 530. The molecule has 5 heteroatoms. The molecule has 5 nitrogen and oxygen atoms in total. The highest BCUT2D eigenvalue weighted by atomic mass is 16.5. The van der Waals surface area contributed by atoms with Crippen molar-refractivity contribution in [3.63, 3.8) is 0 Å². The first-order valence-electron chi connectivity index (χ1n) is 6.08. The molecule has 0 saturated heterocycles. The lowest BCUT2D eigenvalue weighted by Gasteiger charge is -2.12. The smallest absolute Gasteiger partial charge is 0.338 e. The fraction of sp³-hybridized carbons (Fsp3) is 0.429. The van der Waals surface area contributed by atoms with Crippen LogP contribution in [0.25, 0.3) is 0 Å². The molecule has 1 aromatic rings. The van der Waals surface area contributed by atoms with E-state index in [0.717, 1.165) is 12.8 Å². The fourth-order valence-corrected chi connectivity index (χ4v) is 1.86. The molecular formula is C14H16N2O3. The number of methoxy groups -OCH3 is 1. The number of hydrogen-bond donors (Lipinski definition) is 1. The number of carbonyl (C=O) groups excluding carboxylic acids is 1. The van der Waals surface area contributed by atoms with E-state index in [0.29, 0.717) is 30.0 Å². The number of carbonyl (C=O) groups is 1. The highest BCUT2D eigenvalue weighted by molar-refractivity contribution is 5.90. The highest BCUT2D eigenvalue weighted by Gasteiger charge is 2.43. The van der Waals surface area contributed by atoms with Gasteiger partial charge in [-0.1, -0.05) is 0 Å². The van der Waals surface area contributed by atoms with Crippen LogP contribution in [0.1, 0.15) is 29.6 Å². The van der Waals surface area contributed by atoms with Crippen molar-refractivity contribution in [3.05, 3.63) is 23.8 Å². The van der Waals surface area contributed by atoms with E-state index in [2.05, 4.69) is 6.07 Å². The van der Waals surface area contributed by atoms with Crippen LogP contribution in [0, 0.1) is 16.7 Å². The summed E-state index contributed by atoms with van der Waals surface area (Å²) in [6.07, 6.45) is 2.32. The van der Waals surface area contributed by atoms with Gasteiger partial charge in [-0.15, -0.1) is 0 Å². The van der Waals surface area contributed by atoms with Gasteiger partial charge in [-0.2, -0.15) is 5.26 Å². The summed E-state index contributed by atoms with van der Waals surface area (Å²) in [5.41, 5.74) is 6.45. The second-order valence-corrected chi connectivity index (χ2v) is 4.87. The van der Waals surface area contributed by atoms with E-state index in [9.17, 15) is 4.79 Å². The molecule has 1 fully saturated rings. The van der Waals surface area contributed by atoms with E-state index >= 15 is 0 Å². The Hall–Kier alpha value is -2.22. The van der Waals surface area contributed by atoms with Gasteiger partial charge in [0.25, 0.3) is 0 Å². The molecule has 1 aliphatic rings. The molecule has 0 heterocycles. The lowest BCUT2D eigenvalue weighted by molar-refractivity contribution is 0.0419. The predicted molar refractivity (Wildman–Crippen MR) is 69.6 cm³/mol. The molecule has 1 aliphatic carbocycles. The number of nitrogen functional groups attached to an aromatic ring is 1. The molecule has 19 heavy (non-hydrogen) atoms. The summed E-state index contributed by atoms with van der Waals surface area (Å²) in [7, 11) is 1.49. The maximum absolute atomic E-state index is 11.9. The van der Waals surface area contributed by atoms with Crippen molar-refractivity contribution in [2.45, 2.75) is 19.3 Å². The third-order valence-corrected chi connectivity index (χ3v) is 3.39. The lowest BCUT2D eigenvalue weighted by Crippen LogP contribution is -2.15. The Morgan fingerprint density at radius 2 is 2.26 bits per heavy atom. The van der Waals surface area contributed by atoms with Crippen LogP contribution in [-0.4, -0.2) is 19.7 Å². The molecule has 2 rings (SSSR count). The van der Waals surface area contributed by atoms with Crippen molar-refractivity contribution in [3.8, 4) is 11.8 Å². The number of esters is 1. The summed E-state index contributed by atoms with van der Waals surface area (Å²) >= 11 is 0. The molecule has 100 valence electrons. The minimum atomic E-state index is -0.414. The van der Waals surface area contributed by atoms with E-state index in [1.54, 1.807) is 18.2 Å². The molecule has 1 saturated carbocycles. The standard InChI is InChI=1S/C14H16N2O3/c1-18-12-8-10(2-3-11(12)16)13(17)19-9-14(4-5-14)6-7-15/h2-3,8H,4-6,9,16H2,1H3. The number of nitrogens with two attached hydrogens (primary N) is 1. The quantitative estimate of drug-likeness (QED) is 0.647. The van der Waals surface area contributed by atoms with Crippen LogP contribution in [0.3, 0.4) is 0 Å². The average molecular weight is 260 g/mol. The molecule has 0 spiro atoms. The van der Waals surface area contributed by atoms with Crippen LogP contribution in [0.15, 0.2) is 18.2 Å². The van der Waals surface area contributed by atoms with Crippen molar-refractivity contribution in [2.24, 2.45) is 5.41 Å². The molecule has 0 amide bonds. The minimum Gasteiger partial charge on any atom is -0.495 e. The first-order valence-corrected chi connectivity index (χ1v) is 6.08. The number of rotatable bonds is 5. The monoisotopic (exact) mass is 260 g/mol. The molecule has 0 bridgehead atoms. The molecule has 0 radical (unpaired) electrons. The normalized spacial score (nSPS) is 15.4. The second-order valence-electron chi connectivity index (χ2n) is 4.87. The third kappa shape index (κ3) is 2.97. The van der Waals surface area contributed by atoms with Gasteiger partial charge in [0.1, 0.15) is 5.75 Å². The van der Waals surface area contributed by atoms with Gasteiger partial charge in [-0.05, 0) is 31.0 Å². The first kappa shape index (κ1) is 13.2. The van der Waals surface area contributed by atoms with Crippen molar-refractivity contribution in [1.29, 1.82) is 5.26 Å². The minimum absolute atomic E-state index is 0.109. The SMILES string of the molecule is COc1cc(C(=O)OCC2(CC#N)CC2)ccc1N. The zero-order valence-corrected chi connectivity index (χ0v) is 10.8. The van der Waals surface area contributed by atoms with E-state index < -0.39 is 5.97 Å². The molecule has 0 atom stereocenters. The van der Waals surface area contributed by atoms with Crippen LogP contribution >= 0.6 is 0 Å². The number of nitrogens with zero attached hydrogens (tertiary/aromatic N) is 1. The number of hydrogen-bond acceptors (Lipinski definition) is 5. The van der Waals surface area contributed by atoms with Crippen molar-refractivity contribution >= 4 is 11.7 Å². The van der Waals surface area contributed by atoms with Gasteiger partial charge in [0.15, 0.2) is 0 Å². The molecule has 1 aromatic carbocycles. The van der Waals surface area contributed by atoms with Gasteiger partial charge in [-0.25, -0.2) is 4.79 Å². The Kier molecular flexibility index (Phi) is 3.61. The second kappa shape index (κ2) is 5.19. The van der Waals surface area contributed by atoms with Gasteiger partial charge < -0.3 is 15.2 Å². The molecule has 0 aliphatic heterocycles. The maximum Gasteiger partial charge on any atom is 0.338 e. The highest BCUT2D eigenvalue weighted by Crippen LogP contribution is 2.48. The Morgan fingerprint density at radius 1 is 1.53 bits per heavy atom. The summed E-state index contributed by atoms with van der Waals surface area (Å²) in [5, 5.41) is 8.70. The number of benzene rings is 1. The van der Waals surface area contributed by atoms with Crippen LogP contribution in [0.2, 0.25) is 0 Å². The van der Waals surface area contributed by atoms with E-state index in [4.69, 9.17) is 20.5 Å². The molecule has 0 unspecified atom stereocenters. The fourth-order valence-electron chi connectivity index (χ4n) is 1.86. The Balaban J connectivity index is 1.99. The Morgan fingerprint density at radius 3 is 2.84 bits per heavy atom. The lowest BCUT2D eigenvalue weighted by atomic mass is 10.1. The van der Waals surface area contributed by atoms with Crippen LogP contribution in [-0.2, 0) is 4.74 Å². The van der Waals surface area contributed by atoms with E-state index in [1.165, 1.54) is 7.11 Å². The summed E-state index contributed by atoms with van der Waals surface area (Å²) in [6, 6.07) is 6.90. The van der Waals surface area contributed by atoms with Gasteiger partial charge >= 0.3 is 5.97 Å². The van der Waals surface area contributed by atoms with Gasteiger partial charge in [0.05, 0.1) is 31.0 Å². The summed E-state index contributed by atoms with van der Waals surface area (Å²) in [6.45, 7) is 0.298. The Labute approximate surface area is 111 Å². The topological polar surface area (TPSA) is 85.3 Å². The van der Waals surface area contributed by atoms with Crippen LogP contribution in [0.4, 0.5) is 5.69 Å². The van der Waals surface area contributed by atoms with E-state index in [1.807, 2.05) is 0 Å². The third-order valence-electron chi connectivity index (χ3n) is 3.39. The zero-order valence-electron chi connectivity index (χ0n) is 10.8. The maximum atomic E-state index is 11.9. The van der Waals surface area contributed by atoms with Crippen molar-refractivity contribution < 1.29 is 14.3 Å². The van der Waals surface area contributed by atoms with Crippen LogP contribution < -0.4 is 10.5 Å². The van der Waals surface area contributed by atoms with E-state index in [-0.39, 0.29) is 5.41 Å². The summed E-state index contributed by atoms with van der Waals surface area (Å²) in [5.74, 6) is 0.0372. The zero-order chi connectivity index (χ0) is 13.9. The van der Waals surface area contributed by atoms with Gasteiger partial charge in [0.2, 0.25) is 0 Å². The van der Waals surface area contributed by atoms with Crippen molar-refractivity contribution in [1.82, 2.24) is 0 Å². The molecule has 2 N–H and O–H groups in total. The van der Waals surface area contributed by atoms with Gasteiger partial charge in [0, 0.05) is 11.8 Å². The summed E-state index contributed by atoms with van der Waals surface area (Å²) < 4.78 is 10.3. The van der Waals surface area contributed by atoms with Gasteiger partial charge in [-0.3, -0.25) is 0 Å². The average Bonchev–Trinajstić information content (AvgIpc) is 3.17.